The van der Waals surface area contributed by atoms with Crippen LogP contribution in [0.3, 0.4) is 0 Å². The topological polar surface area (TPSA) is 118 Å². The fourth-order valence-corrected chi connectivity index (χ4v) is 9.76. The Morgan fingerprint density at radius 3 is 2.11 bits per heavy atom. The number of allylic oxidation sites excluding steroid dienone is 1. The number of piperazine rings is 1. The molecule has 8 nitrogen and oxygen atoms in total. The van der Waals surface area contributed by atoms with Crippen LogP contribution in [0, 0.1) is 11.8 Å². The van der Waals surface area contributed by atoms with Crippen molar-refractivity contribution in [1.29, 1.82) is 0 Å². The minimum atomic E-state index is -1.26. The molecule has 0 saturated carbocycles. The Balaban J connectivity index is 1.51. The molecule has 0 radical (unpaired) electrons. The summed E-state index contributed by atoms with van der Waals surface area (Å²) in [6.45, 7) is 0. The first-order valence-electron chi connectivity index (χ1n) is 9.31. The van der Waals surface area contributed by atoms with Gasteiger partial charge in [0.05, 0.1) is 30.4 Å². The van der Waals surface area contributed by atoms with Gasteiger partial charge in [-0.3, -0.25) is 14.4 Å². The quantitative estimate of drug-likeness (QED) is 0.337. The normalized spacial score (nSPS) is 53.4. The third kappa shape index (κ3) is 1.72. The molecule has 5 fully saturated rings. The van der Waals surface area contributed by atoms with Crippen LogP contribution in [-0.4, -0.2) is 82.9 Å². The molecule has 5 aliphatic heterocycles. The van der Waals surface area contributed by atoms with Crippen LogP contribution in [0.1, 0.15) is 12.8 Å². The molecular weight excluding hydrogens is 404 g/mol. The summed E-state index contributed by atoms with van der Waals surface area (Å²) in [5.74, 6) is -1.85. The monoisotopic (exact) mass is 422 g/mol. The summed E-state index contributed by atoms with van der Waals surface area (Å²) in [6.07, 6.45) is 3.29. The van der Waals surface area contributed by atoms with Crippen molar-refractivity contribution in [2.45, 2.75) is 53.0 Å². The van der Waals surface area contributed by atoms with E-state index in [2.05, 4.69) is 0 Å². The minimum absolute atomic E-state index is 0.151. The van der Waals surface area contributed by atoms with Crippen molar-refractivity contribution in [3.8, 4) is 0 Å². The zero-order valence-corrected chi connectivity index (χ0v) is 16.2. The maximum atomic E-state index is 13.7. The van der Waals surface area contributed by atoms with Gasteiger partial charge in [-0.25, -0.2) is 0 Å². The second-order valence-electron chi connectivity index (χ2n) is 8.36. The molecule has 9 atom stereocenters. The van der Waals surface area contributed by atoms with Crippen molar-refractivity contribution >= 4 is 39.2 Å². The fraction of sp³-hybridized carbons (Fsp3) is 0.611. The first-order chi connectivity index (χ1) is 13.3. The predicted molar refractivity (Wildman–Crippen MR) is 99.4 cm³/mol. The van der Waals surface area contributed by atoms with E-state index < -0.39 is 52.0 Å². The lowest BCUT2D eigenvalue weighted by atomic mass is 9.84. The van der Waals surface area contributed by atoms with Crippen LogP contribution in [0.15, 0.2) is 24.3 Å². The third-order valence-corrected chi connectivity index (χ3v) is 10.7. The number of nitrogens with zero attached hydrogens (tertiary/aromatic N) is 2. The lowest BCUT2D eigenvalue weighted by Crippen LogP contribution is -2.77. The Hall–Kier alpha value is -1.33. The summed E-state index contributed by atoms with van der Waals surface area (Å²) in [5, 5.41) is 31.5. The van der Waals surface area contributed by atoms with Gasteiger partial charge in [0.15, 0.2) is 15.5 Å². The largest absolute Gasteiger partial charge is 0.389 e. The molecule has 3 N–H and O–H groups in total. The molecule has 5 heterocycles. The van der Waals surface area contributed by atoms with E-state index in [1.54, 1.807) is 0 Å². The first-order valence-corrected chi connectivity index (χ1v) is 11.5. The van der Waals surface area contributed by atoms with Gasteiger partial charge in [-0.15, -0.1) is 0 Å². The summed E-state index contributed by atoms with van der Waals surface area (Å²) >= 11 is 0. The van der Waals surface area contributed by atoms with Crippen LogP contribution in [0.4, 0.5) is 0 Å². The van der Waals surface area contributed by atoms with Crippen LogP contribution in [0.5, 0.6) is 0 Å². The number of rotatable bonds is 0. The van der Waals surface area contributed by atoms with Gasteiger partial charge in [0.2, 0.25) is 0 Å². The number of aliphatic hydroxyl groups excluding tert-OH is 3. The Kier molecular flexibility index (Phi) is 3.27. The van der Waals surface area contributed by atoms with Crippen molar-refractivity contribution in [2.24, 2.45) is 11.8 Å². The Bertz CT molecular complexity index is 891. The number of carbonyl (C=O) groups excluding carboxylic acids is 3. The Labute approximate surface area is 168 Å². The lowest BCUT2D eigenvalue weighted by Gasteiger charge is -2.59. The molecule has 2 aliphatic carbocycles. The van der Waals surface area contributed by atoms with E-state index >= 15 is 0 Å². The van der Waals surface area contributed by atoms with Crippen molar-refractivity contribution in [2.75, 3.05) is 0 Å². The lowest BCUT2D eigenvalue weighted by molar-refractivity contribution is -0.169. The van der Waals surface area contributed by atoms with Gasteiger partial charge in [0.1, 0.15) is 0 Å². The van der Waals surface area contributed by atoms with Gasteiger partial charge >= 0.3 is 0 Å². The summed E-state index contributed by atoms with van der Waals surface area (Å²) in [5.41, 5.74) is 0. The number of hydrogen-bond acceptors (Lipinski definition) is 8. The molecule has 0 unspecified atom stereocenters. The van der Waals surface area contributed by atoms with E-state index in [0.29, 0.717) is 0 Å². The molecule has 2 bridgehead atoms. The number of amides is 2. The molecule has 7 aliphatic rings. The summed E-state index contributed by atoms with van der Waals surface area (Å²) in [6, 6.07) is -1.43. The standard InChI is InChI=1S/C18H18N2O6S2/c21-9-1-3-11(23)13-7(9)5-17-15(25)20-14-8(10(22)2-4-12(14)24)6-18(20,28-27-17)16(26)19(13)17/h1-4,7-9,11-14,21,23-24H,5-6H2/t7-,8-,9+,11+,12+,13+,14+,17-,18-/m1/s1. The van der Waals surface area contributed by atoms with Gasteiger partial charge < -0.3 is 25.1 Å². The van der Waals surface area contributed by atoms with E-state index in [1.165, 1.54) is 55.7 Å². The van der Waals surface area contributed by atoms with Crippen LogP contribution < -0.4 is 0 Å². The maximum absolute atomic E-state index is 13.7. The summed E-state index contributed by atoms with van der Waals surface area (Å²) < 4.78 is 0. The van der Waals surface area contributed by atoms with Crippen molar-refractivity contribution in [3.05, 3.63) is 24.3 Å². The van der Waals surface area contributed by atoms with E-state index in [0.717, 1.165) is 0 Å². The molecule has 0 aromatic heterocycles. The third-order valence-electron chi connectivity index (χ3n) is 7.12. The van der Waals surface area contributed by atoms with E-state index in [-0.39, 0.29) is 30.4 Å². The molecule has 2 spiro atoms. The molecular formula is C18H18N2O6S2. The summed E-state index contributed by atoms with van der Waals surface area (Å²) in [4.78, 5) is 40.4. The van der Waals surface area contributed by atoms with Gasteiger partial charge in [0.25, 0.3) is 11.8 Å². The van der Waals surface area contributed by atoms with Crippen LogP contribution >= 0.6 is 21.6 Å². The average Bonchev–Trinajstić information content (AvgIpc) is 3.22. The van der Waals surface area contributed by atoms with E-state index in [9.17, 15) is 29.7 Å². The first kappa shape index (κ1) is 17.5. The molecule has 28 heavy (non-hydrogen) atoms. The van der Waals surface area contributed by atoms with Crippen LogP contribution in [0.2, 0.25) is 0 Å². The molecule has 0 aromatic rings. The number of ketones is 1. The second kappa shape index (κ2) is 5.23. The summed E-state index contributed by atoms with van der Waals surface area (Å²) in [7, 11) is 2.58. The van der Waals surface area contributed by atoms with Crippen LogP contribution in [0.25, 0.3) is 0 Å². The zero-order valence-electron chi connectivity index (χ0n) is 14.5. The SMILES string of the molecule is O=C1C=C[C@H](O)[C@@H]2[C@@H]1C[C@@]13SS[C@]4(C[C@H]5[C@@H]([C@@H](O)C=C[C@@H]5O)N4C1=O)C(=O)N23. The van der Waals surface area contributed by atoms with Gasteiger partial charge in [-0.1, -0.05) is 39.8 Å². The maximum Gasteiger partial charge on any atom is 0.261 e. The zero-order chi connectivity index (χ0) is 19.6. The molecule has 2 amide bonds. The van der Waals surface area contributed by atoms with Crippen molar-refractivity contribution in [3.63, 3.8) is 0 Å². The number of hydrogen-bond donors (Lipinski definition) is 3. The second-order valence-corrected chi connectivity index (χ2v) is 11.0. The van der Waals surface area contributed by atoms with E-state index in [1.807, 2.05) is 0 Å². The smallest absolute Gasteiger partial charge is 0.261 e. The highest BCUT2D eigenvalue weighted by molar-refractivity contribution is 8.78. The van der Waals surface area contributed by atoms with Gasteiger partial charge in [-0.05, 0) is 12.5 Å². The highest BCUT2D eigenvalue weighted by Crippen LogP contribution is 2.69. The van der Waals surface area contributed by atoms with Crippen molar-refractivity contribution < 1.29 is 29.7 Å². The molecule has 10 heteroatoms. The number of aliphatic hydroxyl groups is 3. The minimum Gasteiger partial charge on any atom is -0.389 e. The molecule has 5 saturated heterocycles. The Morgan fingerprint density at radius 1 is 0.821 bits per heavy atom. The highest BCUT2D eigenvalue weighted by atomic mass is 33.1. The van der Waals surface area contributed by atoms with Gasteiger partial charge in [-0.2, -0.15) is 0 Å². The fourth-order valence-electron chi connectivity index (χ4n) is 5.93. The molecule has 7 rings (SSSR count). The van der Waals surface area contributed by atoms with Crippen LogP contribution in [-0.2, 0) is 14.4 Å². The van der Waals surface area contributed by atoms with Gasteiger partial charge in [0, 0.05) is 18.3 Å². The van der Waals surface area contributed by atoms with Crippen molar-refractivity contribution in [1.82, 2.24) is 9.80 Å². The Morgan fingerprint density at radius 2 is 1.39 bits per heavy atom. The van der Waals surface area contributed by atoms with E-state index in [4.69, 9.17) is 0 Å². The number of carbonyl (C=O) groups is 3. The molecule has 148 valence electrons. The highest BCUT2D eigenvalue weighted by Gasteiger charge is 2.79. The predicted octanol–water partition coefficient (Wildman–Crippen LogP) is -0.987. The number of fused-ring (bicyclic) bond motifs is 3. The molecule has 0 aromatic carbocycles. The average molecular weight is 422 g/mol.